The summed E-state index contributed by atoms with van der Waals surface area (Å²) in [5.41, 5.74) is 6.45. The Hall–Kier alpha value is -2.72. The van der Waals surface area contributed by atoms with E-state index in [2.05, 4.69) is 15.3 Å². The first-order valence-electron chi connectivity index (χ1n) is 9.90. The molecule has 0 bridgehead atoms. The third-order valence-corrected chi connectivity index (χ3v) is 6.44. The first-order valence-corrected chi connectivity index (χ1v) is 10.7. The van der Waals surface area contributed by atoms with E-state index >= 15 is 0 Å². The molecule has 1 aromatic carbocycles. The molecule has 11 nitrogen and oxygen atoms in total. The van der Waals surface area contributed by atoms with Crippen LogP contribution in [0.3, 0.4) is 0 Å². The summed E-state index contributed by atoms with van der Waals surface area (Å²) in [6, 6.07) is 3.50. The van der Waals surface area contributed by atoms with E-state index in [0.29, 0.717) is 10.6 Å². The number of nitrogens with zero attached hydrogens (tertiary/aromatic N) is 3. The van der Waals surface area contributed by atoms with Crippen molar-refractivity contribution >= 4 is 41.2 Å². The number of carboxylic acid groups (broad SMARTS) is 2. The van der Waals surface area contributed by atoms with E-state index in [9.17, 15) is 24.6 Å². The third-order valence-electron chi connectivity index (χ3n) is 5.70. The van der Waals surface area contributed by atoms with Crippen LogP contribution < -0.4 is 5.32 Å². The Balaban J connectivity index is 2.00. The highest BCUT2D eigenvalue weighted by Crippen LogP contribution is 2.64. The average molecular weight is 501 g/mol. The molecular weight excluding hydrogens is 479 g/mol. The molecule has 178 valence electrons. The largest absolute Gasteiger partial charge is 0.481 e. The van der Waals surface area contributed by atoms with E-state index in [0.717, 1.165) is 0 Å². The first kappa shape index (κ1) is 24.9. The van der Waals surface area contributed by atoms with Crippen LogP contribution in [0.1, 0.15) is 26.3 Å². The summed E-state index contributed by atoms with van der Waals surface area (Å²) in [7, 11) is 0. The second-order valence-electron chi connectivity index (χ2n) is 8.94. The van der Waals surface area contributed by atoms with Crippen molar-refractivity contribution < 1.29 is 34.1 Å². The lowest BCUT2D eigenvalue weighted by molar-refractivity contribution is -0.156. The maximum absolute atomic E-state index is 12.6. The van der Waals surface area contributed by atoms with Crippen molar-refractivity contribution in [2.45, 2.75) is 50.7 Å². The number of hydrogen-bond acceptors (Lipinski definition) is 6. The summed E-state index contributed by atoms with van der Waals surface area (Å²) in [5.74, 6) is -5.85. The van der Waals surface area contributed by atoms with Gasteiger partial charge in [0.05, 0.1) is 28.6 Å². The molecule has 0 radical (unpaired) electrons. The van der Waals surface area contributed by atoms with Crippen LogP contribution in [0.5, 0.6) is 0 Å². The lowest BCUT2D eigenvalue weighted by Gasteiger charge is -2.37. The van der Waals surface area contributed by atoms with Crippen LogP contribution in [0.25, 0.3) is 10.4 Å². The van der Waals surface area contributed by atoms with Gasteiger partial charge in [0.1, 0.15) is 11.7 Å². The van der Waals surface area contributed by atoms with Crippen molar-refractivity contribution in [3.63, 3.8) is 0 Å². The molecule has 33 heavy (non-hydrogen) atoms. The summed E-state index contributed by atoms with van der Waals surface area (Å²) >= 11 is 11.9. The predicted octanol–water partition coefficient (Wildman–Crippen LogP) is 3.87. The van der Waals surface area contributed by atoms with Gasteiger partial charge in [-0.05, 0) is 49.9 Å². The zero-order valence-electron chi connectivity index (χ0n) is 17.9. The molecular formula is C20H22Cl2N4O7. The summed E-state index contributed by atoms with van der Waals surface area (Å²) < 4.78 is 11.1. The zero-order chi connectivity index (χ0) is 24.7. The van der Waals surface area contributed by atoms with Crippen LogP contribution in [0.4, 0.5) is 4.79 Å². The fourth-order valence-corrected chi connectivity index (χ4v) is 4.83. The summed E-state index contributed by atoms with van der Waals surface area (Å²) in [4.78, 5) is 39.7. The number of azide groups is 1. The molecule has 6 atom stereocenters. The van der Waals surface area contributed by atoms with Gasteiger partial charge in [0.25, 0.3) is 0 Å². The normalized spacial score (nSPS) is 30.0. The number of nitrogens with one attached hydrogen (secondary N) is 1. The minimum absolute atomic E-state index is 0.165. The maximum Gasteiger partial charge on any atom is 0.408 e. The molecule has 1 aromatic rings. The van der Waals surface area contributed by atoms with Crippen molar-refractivity contribution in [2.24, 2.45) is 22.9 Å². The summed E-state index contributed by atoms with van der Waals surface area (Å²) in [6.07, 6.45) is -2.44. The van der Waals surface area contributed by atoms with E-state index in [-0.39, 0.29) is 11.6 Å². The van der Waals surface area contributed by atoms with Crippen molar-refractivity contribution in [3.8, 4) is 0 Å². The number of amides is 1. The van der Waals surface area contributed by atoms with Crippen LogP contribution in [-0.2, 0) is 25.7 Å². The van der Waals surface area contributed by atoms with Gasteiger partial charge in [-0.25, -0.2) is 9.59 Å². The van der Waals surface area contributed by atoms with E-state index in [4.69, 9.17) is 38.2 Å². The topological polar surface area (TPSA) is 171 Å². The van der Waals surface area contributed by atoms with Crippen molar-refractivity contribution in [2.75, 3.05) is 0 Å². The number of halogens is 2. The Labute approximate surface area is 198 Å². The van der Waals surface area contributed by atoms with E-state index in [1.807, 2.05) is 0 Å². The number of ether oxygens (including phenoxy) is 2. The molecule has 2 aliphatic rings. The molecule has 0 aliphatic heterocycles. The van der Waals surface area contributed by atoms with Crippen LogP contribution in [0.2, 0.25) is 10.0 Å². The van der Waals surface area contributed by atoms with Crippen molar-refractivity contribution in [1.82, 2.24) is 5.32 Å². The first-order chi connectivity index (χ1) is 15.3. The molecule has 1 amide bonds. The smallest absolute Gasteiger partial charge is 0.408 e. The number of benzene rings is 1. The number of hydrogen-bond donors (Lipinski definition) is 3. The Morgan fingerprint density at radius 3 is 2.42 bits per heavy atom. The number of rotatable bonds is 7. The molecule has 0 heterocycles. The Kier molecular flexibility index (Phi) is 6.72. The van der Waals surface area contributed by atoms with Gasteiger partial charge < -0.3 is 25.0 Å². The van der Waals surface area contributed by atoms with Gasteiger partial charge in [-0.15, -0.1) is 0 Å². The van der Waals surface area contributed by atoms with Crippen LogP contribution >= 0.6 is 23.2 Å². The standard InChI is InChI=1S/C20H22Cl2N4O7/c1-19(2,3)33-18(31)24-20(17(29)30)13-11(12(13)16(27)28)14(25-26-23)15(20)32-7-8-4-5-9(21)10(22)6-8/h4-6,11-15H,7H2,1-3H3,(H,24,31)(H,27,28)(H,29,30)/t11-,12-,13-,14-,15+,20+/m0/s1. The van der Waals surface area contributed by atoms with E-state index in [1.54, 1.807) is 26.8 Å². The molecule has 2 aliphatic carbocycles. The number of aliphatic carboxylic acids is 2. The van der Waals surface area contributed by atoms with Gasteiger partial charge in [0, 0.05) is 10.8 Å². The fourth-order valence-electron chi connectivity index (χ4n) is 4.51. The fraction of sp³-hybridized carbons (Fsp3) is 0.550. The molecule has 0 saturated heterocycles. The van der Waals surface area contributed by atoms with Gasteiger partial charge in [-0.3, -0.25) is 4.79 Å². The number of carbonyl (C=O) groups excluding carboxylic acids is 1. The Morgan fingerprint density at radius 2 is 1.91 bits per heavy atom. The highest BCUT2D eigenvalue weighted by molar-refractivity contribution is 6.42. The van der Waals surface area contributed by atoms with E-state index < -0.39 is 59.1 Å². The van der Waals surface area contributed by atoms with Gasteiger partial charge in [-0.1, -0.05) is 34.4 Å². The monoisotopic (exact) mass is 500 g/mol. The Bertz CT molecular complexity index is 1040. The molecule has 0 unspecified atom stereocenters. The van der Waals surface area contributed by atoms with Crippen LogP contribution in [0, 0.1) is 17.8 Å². The Morgan fingerprint density at radius 1 is 1.24 bits per heavy atom. The zero-order valence-corrected chi connectivity index (χ0v) is 19.4. The molecule has 2 fully saturated rings. The molecule has 13 heteroatoms. The average Bonchev–Trinajstić information content (AvgIpc) is 3.37. The third kappa shape index (κ3) is 4.67. The van der Waals surface area contributed by atoms with Crippen molar-refractivity contribution in [3.05, 3.63) is 44.3 Å². The number of alkyl carbamates (subject to hydrolysis) is 1. The van der Waals surface area contributed by atoms with Crippen LogP contribution in [0.15, 0.2) is 23.3 Å². The lowest BCUT2D eigenvalue weighted by Crippen LogP contribution is -2.65. The molecule has 0 aromatic heterocycles. The van der Waals surface area contributed by atoms with E-state index in [1.165, 1.54) is 12.1 Å². The summed E-state index contributed by atoms with van der Waals surface area (Å²) in [5, 5.41) is 26.4. The van der Waals surface area contributed by atoms with Gasteiger partial charge in [0.2, 0.25) is 0 Å². The molecule has 3 N–H and O–H groups in total. The minimum atomic E-state index is -2.20. The number of fused-ring (bicyclic) bond motifs is 1. The second-order valence-corrected chi connectivity index (χ2v) is 9.76. The van der Waals surface area contributed by atoms with Gasteiger partial charge >= 0.3 is 18.0 Å². The number of carbonyl (C=O) groups is 3. The van der Waals surface area contributed by atoms with Crippen LogP contribution in [-0.4, -0.2) is 51.5 Å². The molecule has 2 saturated carbocycles. The molecule has 3 rings (SSSR count). The van der Waals surface area contributed by atoms with Gasteiger partial charge in [-0.2, -0.15) is 0 Å². The predicted molar refractivity (Wildman–Crippen MR) is 116 cm³/mol. The maximum atomic E-state index is 12.6. The highest BCUT2D eigenvalue weighted by Gasteiger charge is 2.80. The number of carboxylic acids is 2. The quantitative estimate of drug-likeness (QED) is 0.289. The lowest BCUT2D eigenvalue weighted by atomic mass is 9.86. The molecule has 0 spiro atoms. The summed E-state index contributed by atoms with van der Waals surface area (Å²) in [6.45, 7) is 4.61. The highest BCUT2D eigenvalue weighted by atomic mass is 35.5. The SMILES string of the molecule is CC(C)(C)OC(=O)N[C@]1(C(=O)O)[C@@H]2[C@@H](C(=O)O)[C@@H]2[C@H](N=[N+]=[N-])[C@H]1OCc1ccc(Cl)c(Cl)c1. The van der Waals surface area contributed by atoms with Gasteiger partial charge in [0.15, 0.2) is 5.54 Å². The minimum Gasteiger partial charge on any atom is -0.481 e. The van der Waals surface area contributed by atoms with Crippen molar-refractivity contribution in [1.29, 1.82) is 0 Å². The second kappa shape index (κ2) is 8.90.